The molecule has 3 aliphatic carbocycles. The third kappa shape index (κ3) is 1.54. The van der Waals surface area contributed by atoms with Crippen LogP contribution < -0.4 is 10.4 Å². The Hall–Kier alpha value is -2.09. The summed E-state index contributed by atoms with van der Waals surface area (Å²) in [7, 11) is 0. The number of hydrogen-bond acceptors (Lipinski definition) is 2. The molecule has 0 saturated carbocycles. The molecule has 2 heteroatoms. The van der Waals surface area contributed by atoms with Crippen LogP contribution in [-0.4, -0.2) is 5.97 Å². The number of fused-ring (bicyclic) bond motifs is 2. The van der Waals surface area contributed by atoms with Gasteiger partial charge in [0.1, 0.15) is 6.10 Å². The first-order valence-electron chi connectivity index (χ1n) is 7.16. The van der Waals surface area contributed by atoms with E-state index in [9.17, 15) is 4.79 Å². The number of carbonyl (C=O) groups is 1. The van der Waals surface area contributed by atoms with E-state index in [1.165, 1.54) is 33.2 Å². The Labute approximate surface area is 117 Å². The Kier molecular flexibility index (Phi) is 2.46. The number of ether oxygens (including phenoxy) is 1. The fourth-order valence-electron chi connectivity index (χ4n) is 3.81. The quantitative estimate of drug-likeness (QED) is 0.605. The first-order chi connectivity index (χ1) is 9.78. The smallest absolute Gasteiger partial charge is 0.330 e. The van der Waals surface area contributed by atoms with Crippen LogP contribution in [0.1, 0.15) is 48.0 Å². The summed E-state index contributed by atoms with van der Waals surface area (Å²) in [5.74, 6) is 0.210. The lowest BCUT2D eigenvalue weighted by Crippen LogP contribution is -2.24. The van der Waals surface area contributed by atoms with Gasteiger partial charge < -0.3 is 4.74 Å². The summed E-state index contributed by atoms with van der Waals surface area (Å²) in [4.78, 5) is 11.6. The molecule has 0 aromatic heterocycles. The van der Waals surface area contributed by atoms with Crippen molar-refractivity contribution in [2.24, 2.45) is 0 Å². The molecule has 4 rings (SSSR count). The molecular weight excluding hydrogens is 248 g/mol. The van der Waals surface area contributed by atoms with Crippen molar-refractivity contribution in [1.29, 1.82) is 0 Å². The zero-order valence-corrected chi connectivity index (χ0v) is 11.3. The van der Waals surface area contributed by atoms with E-state index in [1.54, 1.807) is 0 Å². The molecular formula is C18H16O2. The summed E-state index contributed by atoms with van der Waals surface area (Å²) < 4.78 is 5.61. The minimum atomic E-state index is -0.324. The molecule has 1 aromatic rings. The average Bonchev–Trinajstić information content (AvgIpc) is 3.04. The fourth-order valence-corrected chi connectivity index (χ4v) is 3.81. The first-order valence-corrected chi connectivity index (χ1v) is 7.16. The van der Waals surface area contributed by atoms with Crippen LogP contribution in [0.15, 0.2) is 24.8 Å². The maximum absolute atomic E-state index is 11.6. The SMILES string of the molecule is C=CC(=O)OC1CC2CCC=c3cc4c(c1c32)=CC=C4. The van der Waals surface area contributed by atoms with E-state index in [0.717, 1.165) is 19.3 Å². The van der Waals surface area contributed by atoms with Gasteiger partial charge in [-0.15, -0.1) is 0 Å². The molecule has 20 heavy (non-hydrogen) atoms. The third-order valence-corrected chi connectivity index (χ3v) is 4.59. The second-order valence-corrected chi connectivity index (χ2v) is 5.67. The second-order valence-electron chi connectivity index (χ2n) is 5.67. The molecule has 0 bridgehead atoms. The fraction of sp³-hybridized carbons (Fsp3) is 0.278. The van der Waals surface area contributed by atoms with Crippen molar-refractivity contribution in [1.82, 2.24) is 0 Å². The van der Waals surface area contributed by atoms with Gasteiger partial charge in [0.2, 0.25) is 0 Å². The molecule has 0 aliphatic heterocycles. The van der Waals surface area contributed by atoms with E-state index in [2.05, 4.69) is 36.9 Å². The molecule has 0 N–H and O–H groups in total. The molecule has 3 aliphatic rings. The normalized spacial score (nSPS) is 24.4. The summed E-state index contributed by atoms with van der Waals surface area (Å²) in [5, 5.41) is 2.58. The number of carbonyl (C=O) groups excluding carboxylic acids is 1. The molecule has 0 radical (unpaired) electrons. The van der Waals surface area contributed by atoms with Crippen LogP contribution in [0.5, 0.6) is 0 Å². The molecule has 1 aromatic carbocycles. The van der Waals surface area contributed by atoms with Crippen LogP contribution in [0, 0.1) is 0 Å². The summed E-state index contributed by atoms with van der Waals surface area (Å²) >= 11 is 0. The van der Waals surface area contributed by atoms with E-state index >= 15 is 0 Å². The van der Waals surface area contributed by atoms with Gasteiger partial charge >= 0.3 is 5.97 Å². The van der Waals surface area contributed by atoms with E-state index in [4.69, 9.17) is 4.74 Å². The van der Waals surface area contributed by atoms with E-state index in [-0.39, 0.29) is 12.1 Å². The van der Waals surface area contributed by atoms with Gasteiger partial charge in [-0.2, -0.15) is 0 Å². The van der Waals surface area contributed by atoms with Crippen LogP contribution in [0.3, 0.4) is 0 Å². The highest BCUT2D eigenvalue weighted by Gasteiger charge is 2.36. The summed E-state index contributed by atoms with van der Waals surface area (Å²) in [5.41, 5.74) is 3.90. The summed E-state index contributed by atoms with van der Waals surface area (Å²) in [6.07, 6.45) is 13.0. The first kappa shape index (κ1) is 11.7. The zero-order valence-electron chi connectivity index (χ0n) is 11.3. The number of esters is 1. The third-order valence-electron chi connectivity index (χ3n) is 4.59. The van der Waals surface area contributed by atoms with Crippen LogP contribution in [0.25, 0.3) is 18.2 Å². The highest BCUT2D eigenvalue weighted by Crippen LogP contribution is 2.43. The number of rotatable bonds is 2. The number of hydrogen-bond donors (Lipinski definition) is 0. The summed E-state index contributed by atoms with van der Waals surface area (Å²) in [6, 6.07) is 2.28. The highest BCUT2D eigenvalue weighted by atomic mass is 16.5. The van der Waals surface area contributed by atoms with Gasteiger partial charge in [-0.05, 0) is 52.8 Å². The molecule has 0 heterocycles. The van der Waals surface area contributed by atoms with Gasteiger partial charge in [-0.3, -0.25) is 0 Å². The van der Waals surface area contributed by atoms with Gasteiger partial charge in [-0.1, -0.05) is 30.9 Å². The topological polar surface area (TPSA) is 26.3 Å². The lowest BCUT2D eigenvalue weighted by molar-refractivity contribution is -0.143. The van der Waals surface area contributed by atoms with Gasteiger partial charge in [0.15, 0.2) is 0 Å². The summed E-state index contributed by atoms with van der Waals surface area (Å²) in [6.45, 7) is 3.50. The van der Waals surface area contributed by atoms with Crippen molar-refractivity contribution in [3.8, 4) is 0 Å². The molecule has 0 saturated heterocycles. The highest BCUT2D eigenvalue weighted by molar-refractivity contribution is 5.81. The van der Waals surface area contributed by atoms with E-state index in [0.29, 0.717) is 5.92 Å². The Bertz CT molecular complexity index is 768. The van der Waals surface area contributed by atoms with Crippen molar-refractivity contribution >= 4 is 24.2 Å². The largest absolute Gasteiger partial charge is 0.454 e. The molecule has 2 atom stereocenters. The minimum absolute atomic E-state index is 0.114. The monoisotopic (exact) mass is 264 g/mol. The second kappa shape index (κ2) is 4.20. The predicted octanol–water partition coefficient (Wildman–Crippen LogP) is 2.33. The Morgan fingerprint density at radius 1 is 1.40 bits per heavy atom. The van der Waals surface area contributed by atoms with Gasteiger partial charge in [0, 0.05) is 11.6 Å². The molecule has 0 fully saturated rings. The predicted molar refractivity (Wildman–Crippen MR) is 79.3 cm³/mol. The standard InChI is InChI=1S/C18H16O2/c1-2-16(19)20-15-10-13-7-3-6-12-9-11-5-4-8-14(11)18(15)17(12)13/h2,4-6,8-9,13,15H,1,3,7,10H2. The number of allylic oxidation sites excluding steroid dienone is 1. The zero-order chi connectivity index (χ0) is 13.7. The average molecular weight is 264 g/mol. The molecule has 0 amide bonds. The van der Waals surface area contributed by atoms with Crippen molar-refractivity contribution in [2.45, 2.75) is 31.3 Å². The van der Waals surface area contributed by atoms with E-state index < -0.39 is 0 Å². The molecule has 2 nitrogen and oxygen atoms in total. The van der Waals surface area contributed by atoms with Crippen LogP contribution in [0.2, 0.25) is 0 Å². The van der Waals surface area contributed by atoms with Crippen LogP contribution >= 0.6 is 0 Å². The van der Waals surface area contributed by atoms with Gasteiger partial charge in [0.25, 0.3) is 0 Å². The Balaban J connectivity index is 1.94. The Morgan fingerprint density at radius 2 is 2.30 bits per heavy atom. The molecule has 0 spiro atoms. The van der Waals surface area contributed by atoms with Crippen LogP contribution in [0.4, 0.5) is 0 Å². The van der Waals surface area contributed by atoms with Gasteiger partial charge in [-0.25, -0.2) is 4.79 Å². The molecule has 100 valence electrons. The van der Waals surface area contributed by atoms with Crippen molar-refractivity contribution in [3.05, 3.63) is 51.9 Å². The van der Waals surface area contributed by atoms with Crippen molar-refractivity contribution < 1.29 is 9.53 Å². The van der Waals surface area contributed by atoms with Gasteiger partial charge in [0.05, 0.1) is 0 Å². The van der Waals surface area contributed by atoms with Crippen molar-refractivity contribution in [2.75, 3.05) is 0 Å². The number of benzene rings is 1. The Morgan fingerprint density at radius 3 is 3.15 bits per heavy atom. The van der Waals surface area contributed by atoms with Crippen LogP contribution in [-0.2, 0) is 9.53 Å². The molecule has 2 unspecified atom stereocenters. The minimum Gasteiger partial charge on any atom is -0.454 e. The lowest BCUT2D eigenvalue weighted by Gasteiger charge is -2.16. The maximum Gasteiger partial charge on any atom is 0.330 e. The van der Waals surface area contributed by atoms with E-state index in [1.807, 2.05) is 0 Å². The lowest BCUT2D eigenvalue weighted by atomic mass is 9.88. The maximum atomic E-state index is 11.6. The van der Waals surface area contributed by atoms with Crippen molar-refractivity contribution in [3.63, 3.8) is 0 Å².